The van der Waals surface area contributed by atoms with E-state index >= 15 is 0 Å². The molecule has 0 aromatic heterocycles. The zero-order chi connectivity index (χ0) is 47.8. The molecule has 0 rings (SSSR count). The van der Waals surface area contributed by atoms with E-state index in [1.165, 1.54) is 161 Å². The van der Waals surface area contributed by atoms with E-state index in [-0.39, 0.29) is 19.1 Å². The first-order chi connectivity index (χ1) is 31.5. The van der Waals surface area contributed by atoms with Crippen LogP contribution in [0.15, 0.2) is 36.5 Å². The topological polar surface area (TPSA) is 108 Å². The van der Waals surface area contributed by atoms with Gasteiger partial charge < -0.3 is 28.8 Å². The molecular weight excluding hydrogens is 828 g/mol. The van der Waals surface area contributed by atoms with Gasteiger partial charge in [0.25, 0.3) is 7.82 Å². The highest BCUT2D eigenvalue weighted by Crippen LogP contribution is 2.38. The van der Waals surface area contributed by atoms with Crippen LogP contribution >= 0.6 is 7.82 Å². The molecule has 9 heteroatoms. The quantitative estimate of drug-likeness (QED) is 0.0272. The van der Waals surface area contributed by atoms with Crippen LogP contribution in [0.2, 0.25) is 0 Å². The highest BCUT2D eigenvalue weighted by Gasteiger charge is 2.24. The van der Waals surface area contributed by atoms with E-state index in [0.717, 1.165) is 77.0 Å². The van der Waals surface area contributed by atoms with Gasteiger partial charge in [0.05, 0.1) is 39.9 Å². The van der Waals surface area contributed by atoms with Crippen molar-refractivity contribution in [1.29, 1.82) is 0 Å². The summed E-state index contributed by atoms with van der Waals surface area (Å²) in [6.07, 6.45) is 60.4. The van der Waals surface area contributed by atoms with Gasteiger partial charge in [-0.1, -0.05) is 249 Å². The number of quaternary nitrogens is 1. The molecule has 0 saturated heterocycles. The van der Waals surface area contributed by atoms with Crippen molar-refractivity contribution < 1.29 is 32.9 Å². The van der Waals surface area contributed by atoms with E-state index < -0.39 is 20.0 Å². The monoisotopic (exact) mass is 937 g/mol. The van der Waals surface area contributed by atoms with Gasteiger partial charge in [-0.25, -0.2) is 0 Å². The lowest BCUT2D eigenvalue weighted by Crippen LogP contribution is -2.46. The van der Waals surface area contributed by atoms with Gasteiger partial charge in [-0.15, -0.1) is 0 Å². The van der Waals surface area contributed by atoms with Crippen molar-refractivity contribution in [3.8, 4) is 0 Å². The number of amides is 1. The summed E-state index contributed by atoms with van der Waals surface area (Å²) >= 11 is 0. The molecule has 3 atom stereocenters. The lowest BCUT2D eigenvalue weighted by Gasteiger charge is -2.30. The average molecular weight is 937 g/mol. The van der Waals surface area contributed by atoms with Gasteiger partial charge in [-0.2, -0.15) is 0 Å². The molecule has 0 heterocycles. The number of hydrogen-bond acceptors (Lipinski definition) is 6. The third kappa shape index (κ3) is 50.4. The number of phosphoric acid groups is 1. The number of carbonyl (C=O) groups is 1. The molecule has 0 aromatic rings. The van der Waals surface area contributed by atoms with E-state index in [0.29, 0.717) is 23.9 Å². The highest BCUT2D eigenvalue weighted by atomic mass is 31.2. The van der Waals surface area contributed by atoms with Crippen molar-refractivity contribution >= 4 is 13.7 Å². The van der Waals surface area contributed by atoms with Gasteiger partial charge in [-0.3, -0.25) is 9.36 Å². The minimum Gasteiger partial charge on any atom is -0.756 e. The van der Waals surface area contributed by atoms with Crippen molar-refractivity contribution in [2.75, 3.05) is 40.9 Å². The third-order valence-electron chi connectivity index (χ3n) is 12.6. The summed E-state index contributed by atoms with van der Waals surface area (Å²) in [5.74, 6) is -0.180. The van der Waals surface area contributed by atoms with E-state index in [1.54, 1.807) is 0 Å². The molecular formula is C56H109N2O6P. The Morgan fingerprint density at radius 1 is 0.554 bits per heavy atom. The molecule has 2 N–H and O–H groups in total. The maximum absolute atomic E-state index is 12.9. The van der Waals surface area contributed by atoms with E-state index in [1.807, 2.05) is 21.1 Å². The number of aliphatic hydroxyl groups excluding tert-OH is 1. The predicted octanol–water partition coefficient (Wildman–Crippen LogP) is 16.0. The molecule has 3 unspecified atom stereocenters. The molecule has 0 saturated carbocycles. The Bertz CT molecular complexity index is 1150. The molecule has 0 fully saturated rings. The Balaban J connectivity index is 4.11. The van der Waals surface area contributed by atoms with Gasteiger partial charge in [0, 0.05) is 6.42 Å². The van der Waals surface area contributed by atoms with Crippen LogP contribution in [0.5, 0.6) is 0 Å². The second-order valence-electron chi connectivity index (χ2n) is 20.3. The zero-order valence-electron chi connectivity index (χ0n) is 43.7. The van der Waals surface area contributed by atoms with Crippen molar-refractivity contribution in [2.24, 2.45) is 0 Å². The number of hydrogen-bond donors (Lipinski definition) is 2. The summed E-state index contributed by atoms with van der Waals surface area (Å²) in [6, 6.07) is -0.810. The lowest BCUT2D eigenvalue weighted by molar-refractivity contribution is -0.870. The molecule has 0 aromatic carbocycles. The van der Waals surface area contributed by atoms with Gasteiger partial charge in [0.1, 0.15) is 13.2 Å². The number of nitrogens with zero attached hydrogens (tertiary/aromatic N) is 1. The van der Waals surface area contributed by atoms with Crippen molar-refractivity contribution in [3.05, 3.63) is 36.5 Å². The summed E-state index contributed by atoms with van der Waals surface area (Å²) in [7, 11) is 1.30. The number of unbranched alkanes of at least 4 members (excludes halogenated alkanes) is 32. The zero-order valence-corrected chi connectivity index (χ0v) is 44.6. The number of carbonyl (C=O) groups excluding carboxylic acids is 1. The standard InChI is InChI=1S/C56H109N2O6P/c1-6-8-10-12-14-16-18-20-22-23-24-25-26-27-28-29-30-31-32-33-34-36-37-39-41-43-45-47-49-55(59)54(53-64-65(61,62)63-52-51-58(3,4)5)57-56(60)50-48-46-44-42-40-38-35-21-19-17-15-13-11-9-7-2/h9,11,15,17,21,35,54-55,59H,6-8,10,12-14,16,18-20,22-34,36-53H2,1-5H3,(H-,57,60,61,62)/b11-9-,17-15-,35-21-. The number of likely N-dealkylation sites (N-methyl/N-ethyl adjacent to an activating group) is 1. The summed E-state index contributed by atoms with van der Waals surface area (Å²) in [5.41, 5.74) is 0. The fourth-order valence-electron chi connectivity index (χ4n) is 8.29. The molecule has 1 amide bonds. The van der Waals surface area contributed by atoms with Crippen LogP contribution in [0.1, 0.15) is 264 Å². The minimum atomic E-state index is -4.58. The SMILES string of the molecule is CC/C=C\C/C=C\C/C=C\CCCCCCCC(=O)NC(COP(=O)([O-])OCC[N+](C)(C)C)C(O)CCCCCCCCCCCCCCCCCCCCCCCCCCCCCC. The van der Waals surface area contributed by atoms with Crippen LogP contribution in [-0.2, 0) is 18.4 Å². The van der Waals surface area contributed by atoms with Gasteiger partial charge in [0.2, 0.25) is 5.91 Å². The molecule has 0 spiro atoms. The maximum Gasteiger partial charge on any atom is 0.268 e. The minimum absolute atomic E-state index is 0.00825. The summed E-state index contributed by atoms with van der Waals surface area (Å²) in [4.78, 5) is 25.4. The van der Waals surface area contributed by atoms with E-state index in [9.17, 15) is 19.4 Å². The van der Waals surface area contributed by atoms with Crippen molar-refractivity contribution in [1.82, 2.24) is 5.32 Å². The predicted molar refractivity (Wildman–Crippen MR) is 279 cm³/mol. The molecule has 65 heavy (non-hydrogen) atoms. The fourth-order valence-corrected chi connectivity index (χ4v) is 9.01. The second kappa shape index (κ2) is 47.8. The Morgan fingerprint density at radius 2 is 0.938 bits per heavy atom. The Morgan fingerprint density at radius 3 is 1.37 bits per heavy atom. The molecule has 0 bridgehead atoms. The largest absolute Gasteiger partial charge is 0.756 e. The third-order valence-corrected chi connectivity index (χ3v) is 13.6. The van der Waals surface area contributed by atoms with Crippen LogP contribution in [0, 0.1) is 0 Å². The molecule has 384 valence electrons. The first kappa shape index (κ1) is 63.7. The smallest absolute Gasteiger partial charge is 0.268 e. The van der Waals surface area contributed by atoms with Crippen LogP contribution < -0.4 is 10.2 Å². The number of allylic oxidation sites excluding steroid dienone is 6. The first-order valence-electron chi connectivity index (χ1n) is 27.8. The van der Waals surface area contributed by atoms with Crippen LogP contribution in [0.4, 0.5) is 0 Å². The molecule has 8 nitrogen and oxygen atoms in total. The molecule has 0 aliphatic carbocycles. The Kier molecular flexibility index (Phi) is 46.8. The van der Waals surface area contributed by atoms with E-state index in [4.69, 9.17) is 9.05 Å². The van der Waals surface area contributed by atoms with Crippen LogP contribution in [-0.4, -0.2) is 68.5 Å². The fraction of sp³-hybridized carbons (Fsp3) is 0.875. The average Bonchev–Trinajstić information content (AvgIpc) is 3.26. The summed E-state index contributed by atoms with van der Waals surface area (Å²) < 4.78 is 23.4. The first-order valence-corrected chi connectivity index (χ1v) is 29.3. The molecule has 0 aliphatic rings. The van der Waals surface area contributed by atoms with Crippen LogP contribution in [0.25, 0.3) is 0 Å². The van der Waals surface area contributed by atoms with Crippen molar-refractivity contribution in [3.63, 3.8) is 0 Å². The molecule has 0 aliphatic heterocycles. The maximum atomic E-state index is 12.9. The van der Waals surface area contributed by atoms with E-state index in [2.05, 4.69) is 55.6 Å². The summed E-state index contributed by atoms with van der Waals surface area (Å²) in [6.45, 7) is 4.62. The second-order valence-corrected chi connectivity index (χ2v) is 21.7. The Hall–Kier alpha value is -1.28. The van der Waals surface area contributed by atoms with Gasteiger partial charge in [0.15, 0.2) is 0 Å². The number of rotatable bonds is 51. The summed E-state index contributed by atoms with van der Waals surface area (Å²) in [5, 5.41) is 14.0. The lowest BCUT2D eigenvalue weighted by atomic mass is 10.0. The van der Waals surface area contributed by atoms with Gasteiger partial charge in [-0.05, 0) is 44.9 Å². The van der Waals surface area contributed by atoms with Crippen LogP contribution in [0.3, 0.4) is 0 Å². The molecule has 0 radical (unpaired) electrons. The number of phosphoric ester groups is 1. The highest BCUT2D eigenvalue weighted by molar-refractivity contribution is 7.45. The van der Waals surface area contributed by atoms with Gasteiger partial charge >= 0.3 is 0 Å². The Labute approximate surface area is 404 Å². The normalized spacial score (nSPS) is 14.3. The van der Waals surface area contributed by atoms with Crippen molar-refractivity contribution in [2.45, 2.75) is 276 Å². The number of aliphatic hydroxyl groups is 1. The number of nitrogens with one attached hydrogen (secondary N) is 1.